The third kappa shape index (κ3) is 1.52. The summed E-state index contributed by atoms with van der Waals surface area (Å²) in [5.74, 6) is 0.751. The second-order valence-corrected chi connectivity index (χ2v) is 4.85. The first-order chi connectivity index (χ1) is 7.86. The number of imidazole rings is 1. The molecule has 0 radical (unpaired) electrons. The zero-order valence-electron chi connectivity index (χ0n) is 9.38. The van der Waals surface area contributed by atoms with Gasteiger partial charge in [-0.05, 0) is 31.6 Å². The van der Waals surface area contributed by atoms with Crippen LogP contribution in [0, 0.1) is 5.92 Å². The van der Waals surface area contributed by atoms with Gasteiger partial charge in [0.1, 0.15) is 6.33 Å². The molecular weight excluding hydrogens is 202 g/mol. The van der Waals surface area contributed by atoms with Gasteiger partial charge in [-0.2, -0.15) is 0 Å². The van der Waals surface area contributed by atoms with Crippen molar-refractivity contribution < 1.29 is 4.79 Å². The second-order valence-electron chi connectivity index (χ2n) is 4.85. The van der Waals surface area contributed by atoms with Gasteiger partial charge < -0.3 is 4.90 Å². The molecule has 0 N–H and O–H groups in total. The van der Waals surface area contributed by atoms with Crippen molar-refractivity contribution >= 4 is 6.03 Å². The number of piperidine rings is 1. The molecule has 1 aliphatic heterocycles. The predicted octanol–water partition coefficient (Wildman–Crippen LogP) is 2.12. The molecule has 0 bridgehead atoms. The van der Waals surface area contributed by atoms with E-state index >= 15 is 0 Å². The van der Waals surface area contributed by atoms with Gasteiger partial charge in [0.15, 0.2) is 0 Å². The molecule has 0 aromatic carbocycles. The summed E-state index contributed by atoms with van der Waals surface area (Å²) in [6, 6.07) is 0.595. The van der Waals surface area contributed by atoms with Crippen LogP contribution in [0.15, 0.2) is 18.7 Å². The lowest BCUT2D eigenvalue weighted by Gasteiger charge is -2.37. The molecule has 4 nitrogen and oxygen atoms in total. The molecule has 4 heteroatoms. The molecule has 2 atom stereocenters. The minimum atomic E-state index is 0.106. The molecular formula is C12H17N3O. The van der Waals surface area contributed by atoms with E-state index in [-0.39, 0.29) is 6.03 Å². The highest BCUT2D eigenvalue weighted by Gasteiger charge is 2.37. The maximum Gasteiger partial charge on any atom is 0.329 e. The van der Waals surface area contributed by atoms with E-state index < -0.39 is 0 Å². The smallest absolute Gasteiger partial charge is 0.321 e. The van der Waals surface area contributed by atoms with E-state index in [4.69, 9.17) is 0 Å². The molecule has 1 aromatic rings. The third-order valence-corrected chi connectivity index (χ3v) is 3.96. The summed E-state index contributed by atoms with van der Waals surface area (Å²) in [4.78, 5) is 18.2. The van der Waals surface area contributed by atoms with Crippen LogP contribution in [0.25, 0.3) is 0 Å². The zero-order chi connectivity index (χ0) is 11.0. The fourth-order valence-electron chi connectivity index (χ4n) is 3.21. The van der Waals surface area contributed by atoms with Crippen LogP contribution in [0.1, 0.15) is 32.1 Å². The Labute approximate surface area is 95.3 Å². The number of amides is 1. The van der Waals surface area contributed by atoms with Crippen molar-refractivity contribution in [3.63, 3.8) is 0 Å². The average Bonchev–Trinajstić information content (AvgIpc) is 2.98. The molecule has 0 spiro atoms. The SMILES string of the molecule is O=C(N1CCCC2CCCC21)n1ccnc1. The Hall–Kier alpha value is -1.32. The van der Waals surface area contributed by atoms with Crippen molar-refractivity contribution in [1.82, 2.24) is 14.5 Å². The molecule has 1 aliphatic carbocycles. The standard InChI is InChI=1S/C12H17N3O/c16-12(14-8-6-13-9-14)15-7-2-4-10-3-1-5-11(10)15/h6,8-11H,1-5,7H2. The number of fused-ring (bicyclic) bond motifs is 1. The Balaban J connectivity index is 1.80. The van der Waals surface area contributed by atoms with E-state index in [2.05, 4.69) is 9.88 Å². The molecule has 2 heterocycles. The van der Waals surface area contributed by atoms with E-state index in [0.717, 1.165) is 18.9 Å². The maximum absolute atomic E-state index is 12.3. The largest absolute Gasteiger partial charge is 0.329 e. The summed E-state index contributed by atoms with van der Waals surface area (Å²) in [5, 5.41) is 0. The van der Waals surface area contributed by atoms with Crippen LogP contribution in [0.4, 0.5) is 4.79 Å². The molecule has 1 amide bonds. The molecule has 2 aliphatic rings. The van der Waals surface area contributed by atoms with Crippen molar-refractivity contribution in [3.8, 4) is 0 Å². The predicted molar refractivity (Wildman–Crippen MR) is 60.1 cm³/mol. The van der Waals surface area contributed by atoms with E-state index in [9.17, 15) is 4.79 Å². The molecule has 86 valence electrons. The van der Waals surface area contributed by atoms with Crippen LogP contribution in [-0.4, -0.2) is 33.1 Å². The van der Waals surface area contributed by atoms with Gasteiger partial charge in [-0.1, -0.05) is 6.42 Å². The van der Waals surface area contributed by atoms with Gasteiger partial charge in [0.2, 0.25) is 0 Å². The van der Waals surface area contributed by atoms with E-state index in [0.29, 0.717) is 6.04 Å². The van der Waals surface area contributed by atoms with Gasteiger partial charge >= 0.3 is 6.03 Å². The first-order valence-corrected chi connectivity index (χ1v) is 6.15. The first-order valence-electron chi connectivity index (χ1n) is 6.15. The number of carbonyl (C=O) groups is 1. The van der Waals surface area contributed by atoms with Gasteiger partial charge in [-0.3, -0.25) is 4.57 Å². The van der Waals surface area contributed by atoms with Gasteiger partial charge in [-0.25, -0.2) is 9.78 Å². The van der Waals surface area contributed by atoms with Crippen LogP contribution in [0.5, 0.6) is 0 Å². The maximum atomic E-state index is 12.3. The number of likely N-dealkylation sites (tertiary alicyclic amines) is 1. The monoisotopic (exact) mass is 219 g/mol. The number of aromatic nitrogens is 2. The van der Waals surface area contributed by atoms with Crippen molar-refractivity contribution in [2.75, 3.05) is 6.54 Å². The van der Waals surface area contributed by atoms with Gasteiger partial charge in [-0.15, -0.1) is 0 Å². The lowest BCUT2D eigenvalue weighted by molar-refractivity contribution is 0.129. The highest BCUT2D eigenvalue weighted by Crippen LogP contribution is 2.36. The summed E-state index contributed by atoms with van der Waals surface area (Å²) in [6.45, 7) is 0.915. The summed E-state index contributed by atoms with van der Waals surface area (Å²) in [5.41, 5.74) is 0. The number of hydrogen-bond donors (Lipinski definition) is 0. The van der Waals surface area contributed by atoms with Crippen molar-refractivity contribution in [1.29, 1.82) is 0 Å². The van der Waals surface area contributed by atoms with Gasteiger partial charge in [0, 0.05) is 25.0 Å². The van der Waals surface area contributed by atoms with Crippen molar-refractivity contribution in [2.24, 2.45) is 5.92 Å². The van der Waals surface area contributed by atoms with Crippen LogP contribution in [0.3, 0.4) is 0 Å². The number of nitrogens with zero attached hydrogens (tertiary/aromatic N) is 3. The molecule has 3 rings (SSSR count). The fraction of sp³-hybridized carbons (Fsp3) is 0.667. The minimum absolute atomic E-state index is 0.106. The van der Waals surface area contributed by atoms with E-state index in [1.54, 1.807) is 23.3 Å². The second kappa shape index (κ2) is 3.92. The Kier molecular flexibility index (Phi) is 2.42. The normalized spacial score (nSPS) is 29.1. The Morgan fingerprint density at radius 3 is 2.94 bits per heavy atom. The molecule has 2 unspecified atom stereocenters. The molecule has 1 saturated carbocycles. The molecule has 16 heavy (non-hydrogen) atoms. The van der Waals surface area contributed by atoms with Crippen LogP contribution in [-0.2, 0) is 0 Å². The van der Waals surface area contributed by atoms with Gasteiger partial charge in [0.05, 0.1) is 0 Å². The van der Waals surface area contributed by atoms with Crippen molar-refractivity contribution in [2.45, 2.75) is 38.1 Å². The van der Waals surface area contributed by atoms with E-state index in [1.807, 2.05) is 0 Å². The third-order valence-electron chi connectivity index (χ3n) is 3.96. The minimum Gasteiger partial charge on any atom is -0.321 e. The average molecular weight is 219 g/mol. The summed E-state index contributed by atoms with van der Waals surface area (Å²) < 4.78 is 1.60. The van der Waals surface area contributed by atoms with Crippen LogP contribution >= 0.6 is 0 Å². The number of hydrogen-bond acceptors (Lipinski definition) is 2. The number of rotatable bonds is 0. The highest BCUT2D eigenvalue weighted by molar-refractivity contribution is 5.77. The first kappa shape index (κ1) is 9.87. The molecule has 1 saturated heterocycles. The molecule has 1 aromatic heterocycles. The van der Waals surface area contributed by atoms with Crippen LogP contribution in [0.2, 0.25) is 0 Å². The van der Waals surface area contributed by atoms with E-state index in [1.165, 1.54) is 25.7 Å². The topological polar surface area (TPSA) is 38.1 Å². The Bertz CT molecular complexity index is 374. The van der Waals surface area contributed by atoms with Gasteiger partial charge in [0.25, 0.3) is 0 Å². The fourth-order valence-corrected chi connectivity index (χ4v) is 3.21. The van der Waals surface area contributed by atoms with Crippen molar-refractivity contribution in [3.05, 3.63) is 18.7 Å². The lowest BCUT2D eigenvalue weighted by atomic mass is 9.92. The number of carbonyl (C=O) groups excluding carboxylic acids is 1. The highest BCUT2D eigenvalue weighted by atomic mass is 16.2. The summed E-state index contributed by atoms with van der Waals surface area (Å²) in [7, 11) is 0. The Morgan fingerprint density at radius 2 is 2.12 bits per heavy atom. The zero-order valence-corrected chi connectivity index (χ0v) is 9.38. The lowest BCUT2D eigenvalue weighted by Crippen LogP contribution is -2.47. The van der Waals surface area contributed by atoms with Crippen LogP contribution < -0.4 is 0 Å². The quantitative estimate of drug-likeness (QED) is 0.670. The molecule has 2 fully saturated rings. The Morgan fingerprint density at radius 1 is 1.25 bits per heavy atom. The summed E-state index contributed by atoms with van der Waals surface area (Å²) in [6.07, 6.45) is 11.2. The summed E-state index contributed by atoms with van der Waals surface area (Å²) >= 11 is 0.